The number of amides is 2. The minimum absolute atomic E-state index is 0.0283. The number of rotatable bonds is 6. The van der Waals surface area contributed by atoms with Crippen LogP contribution in [0.5, 0.6) is 0 Å². The molecule has 0 unspecified atom stereocenters. The molecule has 2 amide bonds. The maximum atomic E-state index is 13.1. The van der Waals surface area contributed by atoms with Gasteiger partial charge >= 0.3 is 12.2 Å². The number of primary amides is 1. The van der Waals surface area contributed by atoms with Crippen molar-refractivity contribution >= 4 is 17.4 Å². The summed E-state index contributed by atoms with van der Waals surface area (Å²) in [7, 11) is 1.63. The number of hydrogen-bond donors (Lipinski definition) is 2. The number of carbonyl (C=O) groups excluding carboxylic acids is 1. The SMILES string of the molecule is CCCCCN(C)c1ccc(NC(N)=O)cc1C(F)(F)F. The maximum absolute atomic E-state index is 13.1. The molecule has 0 bridgehead atoms. The Labute approximate surface area is 122 Å². The minimum atomic E-state index is -4.50. The van der Waals surface area contributed by atoms with Gasteiger partial charge < -0.3 is 16.0 Å². The first-order valence-electron chi connectivity index (χ1n) is 6.74. The van der Waals surface area contributed by atoms with Gasteiger partial charge in [-0.05, 0) is 24.6 Å². The zero-order valence-corrected chi connectivity index (χ0v) is 12.1. The van der Waals surface area contributed by atoms with Gasteiger partial charge in [0.1, 0.15) is 0 Å². The summed E-state index contributed by atoms with van der Waals surface area (Å²) in [6.45, 7) is 2.57. The van der Waals surface area contributed by atoms with Crippen LogP contribution in [0, 0.1) is 0 Å². The third kappa shape index (κ3) is 5.17. The smallest absolute Gasteiger partial charge is 0.374 e. The van der Waals surface area contributed by atoms with E-state index < -0.39 is 17.8 Å². The Morgan fingerprint density at radius 3 is 2.52 bits per heavy atom. The Kier molecular flexibility index (Phi) is 5.87. The molecule has 0 fully saturated rings. The molecule has 7 heteroatoms. The molecule has 0 aliphatic rings. The third-order valence-corrected chi connectivity index (χ3v) is 3.08. The van der Waals surface area contributed by atoms with Gasteiger partial charge in [0.15, 0.2) is 0 Å². The van der Waals surface area contributed by atoms with Gasteiger partial charge in [-0.3, -0.25) is 0 Å². The molecule has 4 nitrogen and oxygen atoms in total. The molecule has 118 valence electrons. The average molecular weight is 303 g/mol. The number of hydrogen-bond acceptors (Lipinski definition) is 2. The molecule has 0 aromatic heterocycles. The standard InChI is InChI=1S/C14H20F3N3O/c1-3-4-5-8-20(2)12-7-6-10(19-13(18)21)9-11(12)14(15,16)17/h6-7,9H,3-5,8H2,1-2H3,(H3,18,19,21). The van der Waals surface area contributed by atoms with Crippen molar-refractivity contribution in [2.24, 2.45) is 5.73 Å². The molecular weight excluding hydrogens is 283 g/mol. The number of urea groups is 1. The van der Waals surface area contributed by atoms with Crippen LogP contribution < -0.4 is 16.0 Å². The molecule has 0 aliphatic heterocycles. The van der Waals surface area contributed by atoms with Crippen LogP contribution in [0.4, 0.5) is 29.3 Å². The Morgan fingerprint density at radius 1 is 1.33 bits per heavy atom. The van der Waals surface area contributed by atoms with Gasteiger partial charge in [-0.2, -0.15) is 13.2 Å². The van der Waals surface area contributed by atoms with Crippen molar-refractivity contribution in [3.05, 3.63) is 23.8 Å². The molecule has 0 spiro atoms. The minimum Gasteiger partial charge on any atom is -0.374 e. The van der Waals surface area contributed by atoms with Crippen molar-refractivity contribution in [3.8, 4) is 0 Å². The predicted molar refractivity (Wildman–Crippen MR) is 77.4 cm³/mol. The highest BCUT2D eigenvalue weighted by molar-refractivity contribution is 5.88. The number of unbranched alkanes of at least 4 members (excludes halogenated alkanes) is 2. The second kappa shape index (κ2) is 7.19. The fourth-order valence-corrected chi connectivity index (χ4v) is 2.04. The monoisotopic (exact) mass is 303 g/mol. The van der Waals surface area contributed by atoms with Gasteiger partial charge in [-0.15, -0.1) is 0 Å². The van der Waals surface area contributed by atoms with E-state index in [0.717, 1.165) is 25.3 Å². The van der Waals surface area contributed by atoms with Crippen LogP contribution in [-0.4, -0.2) is 19.6 Å². The van der Waals surface area contributed by atoms with Crippen LogP contribution in [0.2, 0.25) is 0 Å². The number of nitrogens with one attached hydrogen (secondary N) is 1. The zero-order valence-electron chi connectivity index (χ0n) is 12.1. The van der Waals surface area contributed by atoms with Crippen LogP contribution >= 0.6 is 0 Å². The van der Waals surface area contributed by atoms with E-state index in [-0.39, 0.29) is 11.4 Å². The van der Waals surface area contributed by atoms with Crippen molar-refractivity contribution in [3.63, 3.8) is 0 Å². The molecule has 0 saturated heterocycles. The Balaban J connectivity index is 3.04. The first-order chi connectivity index (χ1) is 9.75. The largest absolute Gasteiger partial charge is 0.418 e. The van der Waals surface area contributed by atoms with E-state index in [4.69, 9.17) is 5.73 Å². The summed E-state index contributed by atoms with van der Waals surface area (Å²) in [5.41, 5.74) is 4.26. The van der Waals surface area contributed by atoms with Gasteiger partial charge in [0, 0.05) is 25.0 Å². The van der Waals surface area contributed by atoms with Gasteiger partial charge in [0.25, 0.3) is 0 Å². The fraction of sp³-hybridized carbons (Fsp3) is 0.500. The second-order valence-corrected chi connectivity index (χ2v) is 4.85. The van der Waals surface area contributed by atoms with Crippen molar-refractivity contribution in [1.29, 1.82) is 0 Å². The highest BCUT2D eigenvalue weighted by Gasteiger charge is 2.34. The summed E-state index contributed by atoms with van der Waals surface area (Å²) in [6.07, 6.45) is -1.70. The lowest BCUT2D eigenvalue weighted by molar-refractivity contribution is -0.137. The molecule has 0 atom stereocenters. The Bertz CT molecular complexity index is 489. The molecule has 0 saturated carbocycles. The number of nitrogens with two attached hydrogens (primary N) is 1. The van der Waals surface area contributed by atoms with E-state index in [1.807, 2.05) is 6.92 Å². The molecule has 0 radical (unpaired) electrons. The van der Waals surface area contributed by atoms with Crippen LogP contribution in [0.25, 0.3) is 0 Å². The average Bonchev–Trinajstić information content (AvgIpc) is 2.37. The summed E-state index contributed by atoms with van der Waals surface area (Å²) in [6, 6.07) is 2.76. The van der Waals surface area contributed by atoms with Crippen LogP contribution in [0.15, 0.2) is 18.2 Å². The van der Waals surface area contributed by atoms with E-state index in [2.05, 4.69) is 5.32 Å². The van der Waals surface area contributed by atoms with E-state index >= 15 is 0 Å². The van der Waals surface area contributed by atoms with E-state index in [1.165, 1.54) is 12.1 Å². The van der Waals surface area contributed by atoms with E-state index in [0.29, 0.717) is 6.54 Å². The number of anilines is 2. The number of alkyl halides is 3. The fourth-order valence-electron chi connectivity index (χ4n) is 2.04. The third-order valence-electron chi connectivity index (χ3n) is 3.08. The quantitative estimate of drug-likeness (QED) is 0.785. The van der Waals surface area contributed by atoms with Gasteiger partial charge in [-0.25, -0.2) is 4.79 Å². The van der Waals surface area contributed by atoms with Crippen molar-refractivity contribution in [2.75, 3.05) is 23.8 Å². The molecular formula is C14H20F3N3O. The summed E-state index contributed by atoms with van der Waals surface area (Å²) in [5.74, 6) is 0. The number of halogens is 3. The lowest BCUT2D eigenvalue weighted by atomic mass is 10.1. The molecule has 1 rings (SSSR count). The molecule has 1 aromatic rings. The lowest BCUT2D eigenvalue weighted by Crippen LogP contribution is -2.23. The summed E-state index contributed by atoms with van der Waals surface area (Å²) >= 11 is 0. The first kappa shape index (κ1) is 17.1. The molecule has 0 heterocycles. The topological polar surface area (TPSA) is 58.4 Å². The summed E-state index contributed by atoms with van der Waals surface area (Å²) in [5, 5.41) is 2.16. The second-order valence-electron chi connectivity index (χ2n) is 4.85. The van der Waals surface area contributed by atoms with Crippen LogP contribution in [0.3, 0.4) is 0 Å². The number of nitrogens with zero attached hydrogens (tertiary/aromatic N) is 1. The number of benzene rings is 1. The van der Waals surface area contributed by atoms with E-state index in [9.17, 15) is 18.0 Å². The normalized spacial score (nSPS) is 11.3. The maximum Gasteiger partial charge on any atom is 0.418 e. The predicted octanol–water partition coefficient (Wildman–Crippen LogP) is 3.82. The van der Waals surface area contributed by atoms with E-state index in [1.54, 1.807) is 11.9 Å². The molecule has 1 aromatic carbocycles. The van der Waals surface area contributed by atoms with Crippen molar-refractivity contribution < 1.29 is 18.0 Å². The first-order valence-corrected chi connectivity index (χ1v) is 6.74. The lowest BCUT2D eigenvalue weighted by Gasteiger charge is -2.24. The van der Waals surface area contributed by atoms with Crippen molar-refractivity contribution in [2.45, 2.75) is 32.4 Å². The number of carbonyl (C=O) groups is 1. The van der Waals surface area contributed by atoms with Gasteiger partial charge in [-0.1, -0.05) is 19.8 Å². The highest BCUT2D eigenvalue weighted by atomic mass is 19.4. The highest BCUT2D eigenvalue weighted by Crippen LogP contribution is 2.38. The zero-order chi connectivity index (χ0) is 16.0. The van der Waals surface area contributed by atoms with Crippen LogP contribution in [-0.2, 0) is 6.18 Å². The molecule has 3 N–H and O–H groups in total. The van der Waals surface area contributed by atoms with Crippen LogP contribution in [0.1, 0.15) is 31.7 Å². The van der Waals surface area contributed by atoms with Gasteiger partial charge in [0.05, 0.1) is 5.56 Å². The Morgan fingerprint density at radius 2 is 2.00 bits per heavy atom. The van der Waals surface area contributed by atoms with Gasteiger partial charge in [0.2, 0.25) is 0 Å². The summed E-state index contributed by atoms with van der Waals surface area (Å²) in [4.78, 5) is 12.3. The Hall–Kier alpha value is -1.92. The molecule has 0 aliphatic carbocycles. The molecule has 21 heavy (non-hydrogen) atoms. The van der Waals surface area contributed by atoms with Crippen molar-refractivity contribution in [1.82, 2.24) is 0 Å². The summed E-state index contributed by atoms with van der Waals surface area (Å²) < 4.78 is 39.4.